The summed E-state index contributed by atoms with van der Waals surface area (Å²) >= 11 is 12.1. The summed E-state index contributed by atoms with van der Waals surface area (Å²) in [5.74, 6) is -0.286. The maximum Gasteiger partial charge on any atom is 0.264 e. The third-order valence-corrected chi connectivity index (χ3v) is 8.08. The Balaban J connectivity index is 2.02. The van der Waals surface area contributed by atoms with Gasteiger partial charge in [0.15, 0.2) is 0 Å². The van der Waals surface area contributed by atoms with Gasteiger partial charge in [-0.1, -0.05) is 41.4 Å². The Morgan fingerprint density at radius 3 is 2.21 bits per heavy atom. The number of rotatable bonds is 11. The van der Waals surface area contributed by atoms with E-state index < -0.39 is 28.5 Å². The first kappa shape index (κ1) is 29.3. The number of hydrogen-bond donors (Lipinski definition) is 1. The second-order valence-electron chi connectivity index (χ2n) is 8.39. The maximum atomic E-state index is 13.8. The van der Waals surface area contributed by atoms with Gasteiger partial charge in [0.25, 0.3) is 10.0 Å². The number of carbonyl (C=O) groups excluding carboxylic acids is 2. The molecule has 0 saturated heterocycles. The van der Waals surface area contributed by atoms with Crippen molar-refractivity contribution in [3.8, 4) is 5.75 Å². The summed E-state index contributed by atoms with van der Waals surface area (Å²) < 4.78 is 33.6. The maximum absolute atomic E-state index is 13.8. The summed E-state index contributed by atoms with van der Waals surface area (Å²) in [6.45, 7) is 3.27. The summed E-state index contributed by atoms with van der Waals surface area (Å²) in [6, 6.07) is 18.0. The van der Waals surface area contributed by atoms with Crippen LogP contribution in [0.1, 0.15) is 19.4 Å². The number of methoxy groups -OCH3 is 1. The van der Waals surface area contributed by atoms with E-state index in [1.165, 1.54) is 35.2 Å². The molecule has 202 valence electrons. The molecule has 0 aliphatic rings. The smallest absolute Gasteiger partial charge is 0.264 e. The number of nitrogens with zero attached hydrogens (tertiary/aromatic N) is 2. The van der Waals surface area contributed by atoms with Gasteiger partial charge in [-0.25, -0.2) is 8.42 Å². The van der Waals surface area contributed by atoms with Crippen LogP contribution in [0, 0.1) is 0 Å². The molecule has 3 aromatic carbocycles. The van der Waals surface area contributed by atoms with E-state index >= 15 is 0 Å². The molecule has 38 heavy (non-hydrogen) atoms. The van der Waals surface area contributed by atoms with Crippen molar-refractivity contribution < 1.29 is 22.7 Å². The molecule has 11 heteroatoms. The number of nitrogens with one attached hydrogen (secondary N) is 1. The zero-order valence-electron chi connectivity index (χ0n) is 21.2. The molecule has 0 heterocycles. The Morgan fingerprint density at radius 2 is 1.63 bits per heavy atom. The molecule has 0 bridgehead atoms. The number of ether oxygens (including phenoxy) is 1. The number of sulfonamides is 1. The van der Waals surface area contributed by atoms with Crippen LogP contribution in [0.15, 0.2) is 77.7 Å². The Bertz CT molecular complexity index is 1370. The number of benzene rings is 3. The van der Waals surface area contributed by atoms with Gasteiger partial charge in [0.05, 0.1) is 17.7 Å². The molecule has 3 aromatic rings. The van der Waals surface area contributed by atoms with E-state index in [0.717, 1.165) is 9.87 Å². The lowest BCUT2D eigenvalue weighted by Crippen LogP contribution is -2.51. The Kier molecular flexibility index (Phi) is 10.0. The van der Waals surface area contributed by atoms with E-state index in [9.17, 15) is 18.0 Å². The van der Waals surface area contributed by atoms with Crippen molar-refractivity contribution in [1.82, 2.24) is 10.2 Å². The van der Waals surface area contributed by atoms with Crippen LogP contribution < -0.4 is 14.4 Å². The quantitative estimate of drug-likeness (QED) is 0.354. The summed E-state index contributed by atoms with van der Waals surface area (Å²) in [6.07, 6.45) is 0. The van der Waals surface area contributed by atoms with Crippen LogP contribution >= 0.6 is 23.2 Å². The zero-order valence-corrected chi connectivity index (χ0v) is 23.6. The molecular formula is C27H29Cl2N3O5S. The predicted molar refractivity (Wildman–Crippen MR) is 149 cm³/mol. The molecule has 0 radical (unpaired) electrons. The molecule has 0 aromatic heterocycles. The van der Waals surface area contributed by atoms with E-state index in [1.807, 2.05) is 0 Å². The minimum atomic E-state index is -4.20. The van der Waals surface area contributed by atoms with Gasteiger partial charge >= 0.3 is 0 Å². The average Bonchev–Trinajstić information content (AvgIpc) is 2.90. The molecule has 0 saturated carbocycles. The van der Waals surface area contributed by atoms with Gasteiger partial charge in [0.2, 0.25) is 11.8 Å². The van der Waals surface area contributed by atoms with Crippen molar-refractivity contribution in [1.29, 1.82) is 0 Å². The SMILES string of the molecule is CCNC(=O)C(C)N(Cc1ccc(OC)cc1)C(=O)CN(c1cccc(Cl)c1)S(=O)(=O)c1ccc(Cl)cc1. The molecule has 1 N–H and O–H groups in total. The van der Waals surface area contributed by atoms with Crippen molar-refractivity contribution in [2.75, 3.05) is 24.5 Å². The van der Waals surface area contributed by atoms with Gasteiger partial charge in [0, 0.05) is 23.1 Å². The first-order valence-electron chi connectivity index (χ1n) is 11.8. The molecule has 1 unspecified atom stereocenters. The molecule has 2 amide bonds. The molecular weight excluding hydrogens is 549 g/mol. The van der Waals surface area contributed by atoms with E-state index in [1.54, 1.807) is 63.4 Å². The number of amides is 2. The number of carbonyl (C=O) groups is 2. The summed E-state index contributed by atoms with van der Waals surface area (Å²) in [5.41, 5.74) is 0.945. The molecule has 3 rings (SSSR count). The van der Waals surface area contributed by atoms with Gasteiger partial charge in [-0.3, -0.25) is 13.9 Å². The number of hydrogen-bond acceptors (Lipinski definition) is 5. The number of likely N-dealkylation sites (N-methyl/N-ethyl adjacent to an activating group) is 1. The summed E-state index contributed by atoms with van der Waals surface area (Å²) in [7, 11) is -2.65. The van der Waals surface area contributed by atoms with Crippen LogP contribution in [0.3, 0.4) is 0 Å². The first-order chi connectivity index (χ1) is 18.1. The summed E-state index contributed by atoms with van der Waals surface area (Å²) in [5, 5.41) is 3.40. The minimum absolute atomic E-state index is 0.0480. The van der Waals surface area contributed by atoms with Crippen LogP contribution in [-0.2, 0) is 26.2 Å². The molecule has 1 atom stereocenters. The van der Waals surface area contributed by atoms with Gasteiger partial charge < -0.3 is 15.0 Å². The largest absolute Gasteiger partial charge is 0.497 e. The number of anilines is 1. The van der Waals surface area contributed by atoms with Crippen molar-refractivity contribution in [3.63, 3.8) is 0 Å². The highest BCUT2D eigenvalue weighted by atomic mass is 35.5. The van der Waals surface area contributed by atoms with Crippen molar-refractivity contribution in [3.05, 3.63) is 88.4 Å². The van der Waals surface area contributed by atoms with E-state index in [-0.39, 0.29) is 23.0 Å². The third kappa shape index (κ3) is 7.18. The fraction of sp³-hybridized carbons (Fsp3) is 0.259. The van der Waals surface area contributed by atoms with Crippen LogP contribution in [-0.4, -0.2) is 51.4 Å². The summed E-state index contributed by atoms with van der Waals surface area (Å²) in [4.78, 5) is 27.8. The molecule has 0 fully saturated rings. The highest BCUT2D eigenvalue weighted by Gasteiger charge is 2.32. The van der Waals surface area contributed by atoms with Gasteiger partial charge in [-0.05, 0) is 74.0 Å². The van der Waals surface area contributed by atoms with E-state index in [0.29, 0.717) is 22.3 Å². The normalized spacial score (nSPS) is 11.9. The van der Waals surface area contributed by atoms with Gasteiger partial charge in [0.1, 0.15) is 18.3 Å². The van der Waals surface area contributed by atoms with Crippen molar-refractivity contribution in [2.24, 2.45) is 0 Å². The van der Waals surface area contributed by atoms with Crippen LogP contribution in [0.4, 0.5) is 5.69 Å². The monoisotopic (exact) mass is 577 g/mol. The lowest BCUT2D eigenvalue weighted by Gasteiger charge is -2.32. The number of halogens is 2. The van der Waals surface area contributed by atoms with E-state index in [4.69, 9.17) is 27.9 Å². The first-order valence-corrected chi connectivity index (χ1v) is 14.0. The van der Waals surface area contributed by atoms with Crippen LogP contribution in [0.5, 0.6) is 5.75 Å². The van der Waals surface area contributed by atoms with Crippen LogP contribution in [0.25, 0.3) is 0 Å². The fourth-order valence-corrected chi connectivity index (χ4v) is 5.44. The second-order valence-corrected chi connectivity index (χ2v) is 11.1. The molecule has 0 aliphatic heterocycles. The highest BCUT2D eigenvalue weighted by Crippen LogP contribution is 2.27. The zero-order chi connectivity index (χ0) is 27.9. The third-order valence-electron chi connectivity index (χ3n) is 5.81. The lowest BCUT2D eigenvalue weighted by atomic mass is 10.1. The molecule has 8 nitrogen and oxygen atoms in total. The van der Waals surface area contributed by atoms with Gasteiger partial charge in [-0.15, -0.1) is 0 Å². The van der Waals surface area contributed by atoms with Crippen molar-refractivity contribution >= 4 is 50.7 Å². The Morgan fingerprint density at radius 1 is 0.974 bits per heavy atom. The highest BCUT2D eigenvalue weighted by molar-refractivity contribution is 7.92. The van der Waals surface area contributed by atoms with Gasteiger partial charge in [-0.2, -0.15) is 0 Å². The minimum Gasteiger partial charge on any atom is -0.497 e. The predicted octanol–water partition coefficient (Wildman–Crippen LogP) is 4.75. The van der Waals surface area contributed by atoms with Crippen LogP contribution in [0.2, 0.25) is 10.0 Å². The standard InChI is InChI=1S/C27H29Cl2N3O5S/c1-4-30-27(34)19(2)31(17-20-8-12-24(37-3)13-9-20)26(33)18-32(23-7-5-6-22(29)16-23)38(35,36)25-14-10-21(28)11-15-25/h5-16,19H,4,17-18H2,1-3H3,(H,30,34). The molecule has 0 spiro atoms. The second kappa shape index (κ2) is 13.0. The average molecular weight is 579 g/mol. The van der Waals surface area contributed by atoms with Crippen molar-refractivity contribution in [2.45, 2.75) is 31.3 Å². The topological polar surface area (TPSA) is 96.0 Å². The lowest BCUT2D eigenvalue weighted by molar-refractivity contribution is -0.139. The Hall–Kier alpha value is -3.27. The Labute approximate surface area is 233 Å². The molecule has 0 aliphatic carbocycles. The fourth-order valence-electron chi connectivity index (χ4n) is 3.73. The van der Waals surface area contributed by atoms with E-state index in [2.05, 4.69) is 5.32 Å².